The van der Waals surface area contributed by atoms with E-state index < -0.39 is 0 Å². The molecule has 0 aliphatic heterocycles. The molecule has 0 spiro atoms. The molecule has 20 heavy (non-hydrogen) atoms. The quantitative estimate of drug-likeness (QED) is 0.710. The fraction of sp³-hybridized carbons (Fsp3) is 0.176. The molecule has 1 unspecified atom stereocenters. The molecule has 0 fully saturated rings. The van der Waals surface area contributed by atoms with Gasteiger partial charge in [0, 0.05) is 15.8 Å². The average Bonchev–Trinajstić information content (AvgIpc) is 2.93. The molecule has 0 bridgehead atoms. The van der Waals surface area contributed by atoms with Crippen molar-refractivity contribution in [1.82, 2.24) is 5.32 Å². The summed E-state index contributed by atoms with van der Waals surface area (Å²) < 4.78 is 1.37. The number of likely N-dealkylation sites (N-methyl/N-ethyl adjacent to an activating group) is 1. The monoisotopic (exact) mass is 301 g/mol. The third-order valence-electron chi connectivity index (χ3n) is 3.56. The maximum absolute atomic E-state index is 6.08. The highest BCUT2D eigenvalue weighted by Gasteiger charge is 2.14. The maximum atomic E-state index is 6.08. The van der Waals surface area contributed by atoms with E-state index in [1.165, 1.54) is 21.2 Å². The van der Waals surface area contributed by atoms with Crippen LogP contribution in [0.3, 0.4) is 0 Å². The molecule has 1 aromatic heterocycles. The SMILES string of the molecule is CNC(Cc1cccc(Cl)c1)c1cccc2ccsc12. The van der Waals surface area contributed by atoms with Gasteiger partial charge in [0.05, 0.1) is 0 Å². The highest BCUT2D eigenvalue weighted by atomic mass is 35.5. The molecule has 3 heteroatoms. The van der Waals surface area contributed by atoms with Crippen molar-refractivity contribution in [3.8, 4) is 0 Å². The van der Waals surface area contributed by atoms with Crippen molar-refractivity contribution in [3.63, 3.8) is 0 Å². The van der Waals surface area contributed by atoms with Gasteiger partial charge in [0.2, 0.25) is 0 Å². The van der Waals surface area contributed by atoms with Gasteiger partial charge in [-0.3, -0.25) is 0 Å². The molecular weight excluding hydrogens is 286 g/mol. The summed E-state index contributed by atoms with van der Waals surface area (Å²) in [5, 5.41) is 7.70. The van der Waals surface area contributed by atoms with Gasteiger partial charge < -0.3 is 5.32 Å². The predicted octanol–water partition coefficient (Wildman–Crippen LogP) is 5.06. The second-order valence-corrected chi connectivity index (χ2v) is 6.21. The van der Waals surface area contributed by atoms with Gasteiger partial charge >= 0.3 is 0 Å². The van der Waals surface area contributed by atoms with Crippen LogP contribution in [0.25, 0.3) is 10.1 Å². The summed E-state index contributed by atoms with van der Waals surface area (Å²) in [5.74, 6) is 0. The number of hydrogen-bond acceptors (Lipinski definition) is 2. The van der Waals surface area contributed by atoms with Crippen molar-refractivity contribution in [2.24, 2.45) is 0 Å². The first-order valence-electron chi connectivity index (χ1n) is 6.66. The molecule has 1 N–H and O–H groups in total. The van der Waals surface area contributed by atoms with Crippen molar-refractivity contribution < 1.29 is 0 Å². The lowest BCUT2D eigenvalue weighted by Crippen LogP contribution is -2.18. The molecular formula is C17H16ClNS. The van der Waals surface area contributed by atoms with Crippen LogP contribution in [0, 0.1) is 0 Å². The minimum Gasteiger partial charge on any atom is -0.313 e. The second kappa shape index (κ2) is 5.96. The van der Waals surface area contributed by atoms with E-state index in [1.807, 2.05) is 25.2 Å². The lowest BCUT2D eigenvalue weighted by atomic mass is 9.98. The molecule has 102 valence electrons. The standard InChI is InChI=1S/C17H16ClNS/c1-19-16(11-12-4-2-6-14(18)10-12)15-7-3-5-13-8-9-20-17(13)15/h2-10,16,19H,11H2,1H3. The first kappa shape index (κ1) is 13.6. The fourth-order valence-corrected chi connectivity index (χ4v) is 3.74. The molecule has 1 atom stereocenters. The van der Waals surface area contributed by atoms with Crippen molar-refractivity contribution >= 4 is 33.0 Å². The number of hydrogen-bond donors (Lipinski definition) is 1. The van der Waals surface area contributed by atoms with Crippen LogP contribution >= 0.6 is 22.9 Å². The first-order chi connectivity index (χ1) is 9.78. The summed E-state index contributed by atoms with van der Waals surface area (Å²) in [7, 11) is 2.02. The Kier molecular flexibility index (Phi) is 4.06. The molecule has 2 aromatic carbocycles. The minimum absolute atomic E-state index is 0.302. The number of fused-ring (bicyclic) bond motifs is 1. The molecule has 0 aliphatic carbocycles. The van der Waals surface area contributed by atoms with E-state index in [0.717, 1.165) is 11.4 Å². The Balaban J connectivity index is 1.95. The Morgan fingerprint density at radius 2 is 2.00 bits per heavy atom. The van der Waals surface area contributed by atoms with Crippen molar-refractivity contribution in [1.29, 1.82) is 0 Å². The molecule has 0 amide bonds. The van der Waals surface area contributed by atoms with Crippen LogP contribution in [0.1, 0.15) is 17.2 Å². The van der Waals surface area contributed by atoms with Gasteiger partial charge in [-0.15, -0.1) is 11.3 Å². The number of nitrogens with one attached hydrogen (secondary N) is 1. The zero-order valence-electron chi connectivity index (χ0n) is 11.3. The predicted molar refractivity (Wildman–Crippen MR) is 88.8 cm³/mol. The smallest absolute Gasteiger partial charge is 0.0408 e. The molecule has 0 saturated carbocycles. The van der Waals surface area contributed by atoms with E-state index in [9.17, 15) is 0 Å². The Morgan fingerprint density at radius 3 is 2.80 bits per heavy atom. The Bertz CT molecular complexity index is 720. The van der Waals surface area contributed by atoms with Gasteiger partial charge in [-0.2, -0.15) is 0 Å². The summed E-state index contributed by atoms with van der Waals surface area (Å²) in [6, 6.07) is 17.1. The topological polar surface area (TPSA) is 12.0 Å². The van der Waals surface area contributed by atoms with Crippen LogP contribution in [0.2, 0.25) is 5.02 Å². The molecule has 0 saturated heterocycles. The van der Waals surface area contributed by atoms with Crippen LogP contribution in [0.4, 0.5) is 0 Å². The fourth-order valence-electron chi connectivity index (χ4n) is 2.56. The summed E-state index contributed by atoms with van der Waals surface area (Å²) in [6.07, 6.45) is 0.939. The van der Waals surface area contributed by atoms with E-state index in [4.69, 9.17) is 11.6 Å². The van der Waals surface area contributed by atoms with Gasteiger partial charge in [-0.25, -0.2) is 0 Å². The summed E-state index contributed by atoms with van der Waals surface area (Å²) in [5.41, 5.74) is 2.62. The summed E-state index contributed by atoms with van der Waals surface area (Å²) >= 11 is 7.88. The number of halogens is 1. The molecule has 3 aromatic rings. The van der Waals surface area contributed by atoms with Crippen molar-refractivity contribution in [2.45, 2.75) is 12.5 Å². The van der Waals surface area contributed by atoms with E-state index >= 15 is 0 Å². The zero-order chi connectivity index (χ0) is 13.9. The largest absolute Gasteiger partial charge is 0.313 e. The van der Waals surface area contributed by atoms with Crippen LogP contribution in [0.15, 0.2) is 53.9 Å². The summed E-state index contributed by atoms with van der Waals surface area (Å²) in [6.45, 7) is 0. The summed E-state index contributed by atoms with van der Waals surface area (Å²) in [4.78, 5) is 0. The highest BCUT2D eigenvalue weighted by molar-refractivity contribution is 7.17. The minimum atomic E-state index is 0.302. The normalized spacial score (nSPS) is 12.7. The van der Waals surface area contributed by atoms with Crippen LogP contribution in [-0.2, 0) is 6.42 Å². The number of thiophene rings is 1. The highest BCUT2D eigenvalue weighted by Crippen LogP contribution is 2.30. The van der Waals surface area contributed by atoms with E-state index in [1.54, 1.807) is 11.3 Å². The van der Waals surface area contributed by atoms with Gasteiger partial charge in [-0.1, -0.05) is 41.9 Å². The first-order valence-corrected chi connectivity index (χ1v) is 7.91. The Labute approximate surface area is 128 Å². The molecule has 3 rings (SSSR count). The molecule has 0 aliphatic rings. The Morgan fingerprint density at radius 1 is 1.15 bits per heavy atom. The maximum Gasteiger partial charge on any atom is 0.0408 e. The second-order valence-electron chi connectivity index (χ2n) is 4.86. The van der Waals surface area contributed by atoms with Crippen LogP contribution in [0.5, 0.6) is 0 Å². The van der Waals surface area contributed by atoms with Crippen LogP contribution < -0.4 is 5.32 Å². The molecule has 1 heterocycles. The third-order valence-corrected chi connectivity index (χ3v) is 4.78. The molecule has 1 nitrogen and oxygen atoms in total. The van der Waals surface area contributed by atoms with Gasteiger partial charge in [0.1, 0.15) is 0 Å². The Hall–Kier alpha value is -1.35. The lowest BCUT2D eigenvalue weighted by Gasteiger charge is -2.18. The van der Waals surface area contributed by atoms with Crippen LogP contribution in [-0.4, -0.2) is 7.05 Å². The average molecular weight is 302 g/mol. The van der Waals surface area contributed by atoms with Gasteiger partial charge in [0.25, 0.3) is 0 Å². The van der Waals surface area contributed by atoms with Gasteiger partial charge in [-0.05, 0) is 53.6 Å². The van der Waals surface area contributed by atoms with Crippen molar-refractivity contribution in [3.05, 3.63) is 70.1 Å². The van der Waals surface area contributed by atoms with E-state index in [-0.39, 0.29) is 0 Å². The number of benzene rings is 2. The van der Waals surface area contributed by atoms with Gasteiger partial charge in [0.15, 0.2) is 0 Å². The lowest BCUT2D eigenvalue weighted by molar-refractivity contribution is 0.597. The molecule has 0 radical (unpaired) electrons. The zero-order valence-corrected chi connectivity index (χ0v) is 12.8. The number of rotatable bonds is 4. The third kappa shape index (κ3) is 2.73. The van der Waals surface area contributed by atoms with E-state index in [2.05, 4.69) is 41.0 Å². The van der Waals surface area contributed by atoms with E-state index in [0.29, 0.717) is 6.04 Å². The van der Waals surface area contributed by atoms with Crippen molar-refractivity contribution in [2.75, 3.05) is 7.05 Å².